The molecule has 0 unspecified atom stereocenters. The molecule has 6 nitrogen and oxygen atoms in total. The van der Waals surface area contributed by atoms with Crippen molar-refractivity contribution in [2.24, 2.45) is 0 Å². The molecule has 0 aliphatic heterocycles. The van der Waals surface area contributed by atoms with Crippen molar-refractivity contribution in [3.8, 4) is 0 Å². The molecule has 0 saturated carbocycles. The molecule has 2 aromatic carbocycles. The molecule has 1 heterocycles. The predicted molar refractivity (Wildman–Crippen MR) is 96.7 cm³/mol. The third kappa shape index (κ3) is 3.33. The van der Waals surface area contributed by atoms with Crippen LogP contribution >= 0.6 is 0 Å². The first-order valence-corrected chi connectivity index (χ1v) is 9.30. The molecule has 3 aromatic rings. The van der Waals surface area contributed by atoms with Crippen molar-refractivity contribution in [3.05, 3.63) is 65.6 Å². The topological polar surface area (TPSA) is 82.3 Å². The minimum Gasteiger partial charge on any atom is -0.350 e. The Kier molecular flexibility index (Phi) is 4.80. The summed E-state index contributed by atoms with van der Waals surface area (Å²) >= 11 is 0. The molecule has 0 fully saturated rings. The minimum absolute atomic E-state index is 0.0277. The molecule has 1 aromatic heterocycles. The van der Waals surface area contributed by atoms with Crippen molar-refractivity contribution in [2.75, 3.05) is 14.1 Å². The molecule has 8 heteroatoms. The molecule has 0 radical (unpaired) electrons. The Morgan fingerprint density at radius 1 is 1.15 bits per heavy atom. The highest BCUT2D eigenvalue weighted by Gasteiger charge is 2.21. The first kappa shape index (κ1) is 18.1. The van der Waals surface area contributed by atoms with Gasteiger partial charge in [0, 0.05) is 31.5 Å². The van der Waals surface area contributed by atoms with E-state index in [1.807, 2.05) is 0 Å². The molecule has 136 valence electrons. The van der Waals surface area contributed by atoms with Gasteiger partial charge in [0.2, 0.25) is 10.0 Å². The molecule has 0 saturated heterocycles. The molecular formula is C18H18FN3O3S. The Morgan fingerprint density at radius 3 is 2.58 bits per heavy atom. The van der Waals surface area contributed by atoms with Crippen molar-refractivity contribution in [1.29, 1.82) is 0 Å². The SMILES string of the molecule is CN(C)S(=O)(=O)c1ccccc1CNC(=O)c1cc2c(F)cccc2[nH]1. The van der Waals surface area contributed by atoms with E-state index in [0.29, 0.717) is 16.5 Å². The maximum atomic E-state index is 13.8. The normalized spacial score (nSPS) is 11.8. The van der Waals surface area contributed by atoms with Crippen LogP contribution in [0.25, 0.3) is 10.9 Å². The van der Waals surface area contributed by atoms with Crippen molar-refractivity contribution >= 4 is 26.8 Å². The quantitative estimate of drug-likeness (QED) is 0.719. The van der Waals surface area contributed by atoms with Crippen LogP contribution in [0.5, 0.6) is 0 Å². The lowest BCUT2D eigenvalue weighted by Gasteiger charge is -2.15. The van der Waals surface area contributed by atoms with Crippen LogP contribution in [0.4, 0.5) is 4.39 Å². The summed E-state index contributed by atoms with van der Waals surface area (Å²) < 4.78 is 39.6. The summed E-state index contributed by atoms with van der Waals surface area (Å²) in [7, 11) is -0.725. The third-order valence-electron chi connectivity index (χ3n) is 4.03. The summed E-state index contributed by atoms with van der Waals surface area (Å²) in [5.74, 6) is -0.863. The summed E-state index contributed by atoms with van der Waals surface area (Å²) in [5.41, 5.74) is 1.20. The Balaban J connectivity index is 1.83. The number of amides is 1. The van der Waals surface area contributed by atoms with E-state index in [2.05, 4.69) is 10.3 Å². The van der Waals surface area contributed by atoms with Crippen LogP contribution < -0.4 is 5.32 Å². The number of rotatable bonds is 5. The average molecular weight is 375 g/mol. The highest BCUT2D eigenvalue weighted by atomic mass is 32.2. The van der Waals surface area contributed by atoms with Crippen LogP contribution in [0.1, 0.15) is 16.1 Å². The van der Waals surface area contributed by atoms with Gasteiger partial charge in [-0.25, -0.2) is 17.1 Å². The summed E-state index contributed by atoms with van der Waals surface area (Å²) in [5, 5.41) is 3.00. The van der Waals surface area contributed by atoms with E-state index < -0.39 is 21.7 Å². The number of benzene rings is 2. The number of fused-ring (bicyclic) bond motifs is 1. The second-order valence-corrected chi connectivity index (χ2v) is 8.08. The van der Waals surface area contributed by atoms with E-state index in [1.54, 1.807) is 30.3 Å². The first-order chi connectivity index (χ1) is 12.3. The number of hydrogen-bond acceptors (Lipinski definition) is 3. The van der Waals surface area contributed by atoms with E-state index in [9.17, 15) is 17.6 Å². The number of hydrogen-bond donors (Lipinski definition) is 2. The molecule has 0 aliphatic rings. The molecule has 1 amide bonds. The summed E-state index contributed by atoms with van der Waals surface area (Å²) in [4.78, 5) is 15.4. The van der Waals surface area contributed by atoms with Gasteiger partial charge in [0.15, 0.2) is 0 Å². The largest absolute Gasteiger partial charge is 0.350 e. The molecule has 3 rings (SSSR count). The molecule has 0 aliphatic carbocycles. The van der Waals surface area contributed by atoms with E-state index >= 15 is 0 Å². The second-order valence-electron chi connectivity index (χ2n) is 5.96. The smallest absolute Gasteiger partial charge is 0.267 e. The first-order valence-electron chi connectivity index (χ1n) is 7.86. The highest BCUT2D eigenvalue weighted by Crippen LogP contribution is 2.20. The van der Waals surface area contributed by atoms with Crippen LogP contribution in [0.2, 0.25) is 0 Å². The number of H-pyrrole nitrogens is 1. The number of halogens is 1. The summed E-state index contributed by atoms with van der Waals surface area (Å²) in [6.07, 6.45) is 0. The zero-order chi connectivity index (χ0) is 18.9. The molecule has 26 heavy (non-hydrogen) atoms. The lowest BCUT2D eigenvalue weighted by Crippen LogP contribution is -2.27. The average Bonchev–Trinajstić information content (AvgIpc) is 3.05. The van der Waals surface area contributed by atoms with E-state index in [1.165, 1.54) is 32.3 Å². The van der Waals surface area contributed by atoms with Gasteiger partial charge in [-0.3, -0.25) is 4.79 Å². The summed E-state index contributed by atoms with van der Waals surface area (Å²) in [6.45, 7) is 0.0277. The maximum absolute atomic E-state index is 13.8. The van der Waals surface area contributed by atoms with Gasteiger partial charge < -0.3 is 10.3 Å². The molecular weight excluding hydrogens is 357 g/mol. The number of sulfonamides is 1. The van der Waals surface area contributed by atoms with Gasteiger partial charge in [-0.15, -0.1) is 0 Å². The van der Waals surface area contributed by atoms with Crippen LogP contribution in [0.3, 0.4) is 0 Å². The lowest BCUT2D eigenvalue weighted by atomic mass is 10.2. The van der Waals surface area contributed by atoms with Crippen molar-refractivity contribution < 1.29 is 17.6 Å². The Hall–Kier alpha value is -2.71. The zero-order valence-corrected chi connectivity index (χ0v) is 15.1. The Labute approximate surface area is 150 Å². The summed E-state index contributed by atoms with van der Waals surface area (Å²) in [6, 6.07) is 12.4. The fourth-order valence-corrected chi connectivity index (χ4v) is 3.72. The highest BCUT2D eigenvalue weighted by molar-refractivity contribution is 7.89. The van der Waals surface area contributed by atoms with E-state index in [0.717, 1.165) is 4.31 Å². The predicted octanol–water partition coefficient (Wildman–Crippen LogP) is 2.49. The van der Waals surface area contributed by atoms with Gasteiger partial charge in [0.1, 0.15) is 11.5 Å². The van der Waals surface area contributed by atoms with Gasteiger partial charge in [-0.05, 0) is 29.8 Å². The number of aromatic amines is 1. The molecule has 2 N–H and O–H groups in total. The third-order valence-corrected chi connectivity index (χ3v) is 5.94. The van der Waals surface area contributed by atoms with Gasteiger partial charge in [0.05, 0.1) is 4.90 Å². The zero-order valence-electron chi connectivity index (χ0n) is 14.3. The number of carbonyl (C=O) groups is 1. The number of carbonyl (C=O) groups excluding carboxylic acids is 1. The van der Waals surface area contributed by atoms with Gasteiger partial charge >= 0.3 is 0 Å². The van der Waals surface area contributed by atoms with E-state index in [-0.39, 0.29) is 17.1 Å². The van der Waals surface area contributed by atoms with Crippen LogP contribution in [-0.2, 0) is 16.6 Å². The van der Waals surface area contributed by atoms with Gasteiger partial charge in [-0.1, -0.05) is 24.3 Å². The fourth-order valence-electron chi connectivity index (χ4n) is 2.61. The van der Waals surface area contributed by atoms with Crippen LogP contribution in [0, 0.1) is 5.82 Å². The number of aromatic nitrogens is 1. The second kappa shape index (κ2) is 6.89. The van der Waals surface area contributed by atoms with Crippen LogP contribution in [0.15, 0.2) is 53.4 Å². The Morgan fingerprint density at radius 2 is 1.88 bits per heavy atom. The van der Waals surface area contributed by atoms with Crippen molar-refractivity contribution in [3.63, 3.8) is 0 Å². The molecule has 0 spiro atoms. The monoisotopic (exact) mass is 375 g/mol. The van der Waals surface area contributed by atoms with Gasteiger partial charge in [-0.2, -0.15) is 0 Å². The molecule has 0 atom stereocenters. The standard InChI is InChI=1S/C18H18FN3O3S/c1-22(2)26(24,25)17-9-4-3-6-12(17)11-20-18(23)16-10-13-14(19)7-5-8-15(13)21-16/h3-10,21H,11H2,1-2H3,(H,20,23). The Bertz CT molecular complexity index is 1070. The lowest BCUT2D eigenvalue weighted by molar-refractivity contribution is 0.0946. The fraction of sp³-hybridized carbons (Fsp3) is 0.167. The van der Waals surface area contributed by atoms with Crippen molar-refractivity contribution in [2.45, 2.75) is 11.4 Å². The maximum Gasteiger partial charge on any atom is 0.267 e. The molecule has 0 bridgehead atoms. The van der Waals surface area contributed by atoms with Gasteiger partial charge in [0.25, 0.3) is 5.91 Å². The number of nitrogens with one attached hydrogen (secondary N) is 2. The van der Waals surface area contributed by atoms with Crippen LogP contribution in [-0.4, -0.2) is 37.7 Å². The number of nitrogens with zero attached hydrogens (tertiary/aromatic N) is 1. The minimum atomic E-state index is -3.62. The van der Waals surface area contributed by atoms with E-state index in [4.69, 9.17) is 0 Å². The van der Waals surface area contributed by atoms with Crippen molar-refractivity contribution in [1.82, 2.24) is 14.6 Å².